The number of aliphatic hydroxyl groups is 3. The number of ether oxygens (including phenoxy) is 6. The van der Waals surface area contributed by atoms with E-state index < -0.39 is 147 Å². The summed E-state index contributed by atoms with van der Waals surface area (Å²) in [6, 6.07) is 2.13. The van der Waals surface area contributed by atoms with Gasteiger partial charge in [0, 0.05) is 50.5 Å². The third-order valence-electron chi connectivity index (χ3n) is 10.5. The Balaban J connectivity index is 1.54. The van der Waals surface area contributed by atoms with Gasteiger partial charge >= 0.3 is 11.9 Å². The van der Waals surface area contributed by atoms with Gasteiger partial charge in [-0.25, -0.2) is 9.59 Å². The Morgan fingerprint density at radius 3 is 2.24 bits per heavy atom. The van der Waals surface area contributed by atoms with Crippen molar-refractivity contribution in [1.82, 2.24) is 5.32 Å². The largest absolute Gasteiger partial charge is 0.506 e. The fourth-order valence-electron chi connectivity index (χ4n) is 8.10. The molecule has 6 rings (SSSR count). The molecule has 1 aliphatic heterocycles. The number of carbonyl (C=O) groups is 6. The molecule has 288 valence electrons. The quantitative estimate of drug-likeness (QED) is 0.176. The summed E-state index contributed by atoms with van der Waals surface area (Å²) in [6.45, 7) is 1.93. The van der Waals surface area contributed by atoms with Gasteiger partial charge in [0.15, 0.2) is 29.8 Å². The minimum Gasteiger partial charge on any atom is -0.506 e. The minimum absolute atomic E-state index is 0.0389. The summed E-state index contributed by atoms with van der Waals surface area (Å²) in [5.74, 6) is -9.17. The van der Waals surface area contributed by atoms with Gasteiger partial charge in [0.05, 0.1) is 36.1 Å². The second kappa shape index (κ2) is 13.6. The number of Topliss-reactive ketones (excluding diaryl/α,β-unsaturated/α-hetero) is 3. The van der Waals surface area contributed by atoms with E-state index in [4.69, 9.17) is 28.4 Å². The predicted octanol–water partition coefficient (Wildman–Crippen LogP) is -0.492. The van der Waals surface area contributed by atoms with E-state index in [2.05, 4.69) is 5.32 Å². The third kappa shape index (κ3) is 5.20. The number of fused-ring (bicyclic) bond motifs is 5. The molecule has 2 aromatic rings. The Bertz CT molecular complexity index is 2060. The maximum absolute atomic E-state index is 14.9. The fourth-order valence-corrected chi connectivity index (χ4v) is 8.10. The number of aromatic hydroxyl groups is 1. The number of ketones is 4. The summed E-state index contributed by atoms with van der Waals surface area (Å²) in [6.07, 6.45) is -6.83. The third-order valence-corrected chi connectivity index (χ3v) is 10.5. The number of aliphatic carboxylic acids is 1. The van der Waals surface area contributed by atoms with Crippen molar-refractivity contribution in [1.29, 1.82) is 0 Å². The van der Waals surface area contributed by atoms with E-state index in [-0.39, 0.29) is 11.1 Å². The summed E-state index contributed by atoms with van der Waals surface area (Å²) >= 11 is 0. The molecular weight excluding hydrogens is 718 g/mol. The molecule has 0 spiro atoms. The van der Waals surface area contributed by atoms with Crippen molar-refractivity contribution in [3.05, 3.63) is 68.4 Å². The number of hydrogen-bond acceptors (Lipinski definition) is 17. The molecule has 0 aromatic heterocycles. The van der Waals surface area contributed by atoms with Crippen LogP contribution in [0.5, 0.6) is 11.5 Å². The zero-order valence-corrected chi connectivity index (χ0v) is 29.7. The summed E-state index contributed by atoms with van der Waals surface area (Å²) in [5.41, 5.74) is -10.5. The number of rotatable bonds is 9. The highest BCUT2D eigenvalue weighted by molar-refractivity contribution is 6.31. The molecule has 3 aliphatic carbocycles. The topological polar surface area (TPSA) is 271 Å². The van der Waals surface area contributed by atoms with Crippen molar-refractivity contribution in [3.63, 3.8) is 0 Å². The number of aryl methyl sites for hydroxylation is 1. The highest BCUT2D eigenvalue weighted by Crippen LogP contribution is 2.57. The van der Waals surface area contributed by atoms with E-state index in [1.807, 2.05) is 0 Å². The first kappa shape index (κ1) is 38.6. The molecule has 18 heteroatoms. The van der Waals surface area contributed by atoms with Gasteiger partial charge in [0.1, 0.15) is 35.4 Å². The second-order valence-electron chi connectivity index (χ2n) is 13.3. The number of phenols is 1. The monoisotopic (exact) mass is 755 g/mol. The number of aliphatic hydroxyl groups excluding tert-OH is 2. The van der Waals surface area contributed by atoms with Crippen molar-refractivity contribution in [3.8, 4) is 11.5 Å². The lowest BCUT2D eigenvalue weighted by molar-refractivity contribution is -0.236. The van der Waals surface area contributed by atoms with Gasteiger partial charge in [-0.3, -0.25) is 19.2 Å². The van der Waals surface area contributed by atoms with E-state index in [1.165, 1.54) is 27.2 Å². The molecule has 8 atom stereocenters. The number of esters is 1. The number of methoxy groups -OCH3 is 4. The minimum atomic E-state index is -3.31. The zero-order valence-electron chi connectivity index (χ0n) is 29.7. The zero-order chi connectivity index (χ0) is 39.8. The van der Waals surface area contributed by atoms with Gasteiger partial charge in [-0.1, -0.05) is 6.07 Å². The number of nitrogens with one attached hydrogen (secondary N) is 1. The van der Waals surface area contributed by atoms with Crippen LogP contribution in [-0.4, -0.2) is 138 Å². The Hall–Kier alpha value is -5.08. The number of allylic oxidation sites excluding steroid dienone is 2. The number of carboxylic acid groups (broad SMARTS) is 1. The molecule has 0 unspecified atom stereocenters. The highest BCUT2D eigenvalue weighted by atomic mass is 16.6. The molecule has 0 amide bonds. The smallest absolute Gasteiger partial charge is 0.341 e. The van der Waals surface area contributed by atoms with Gasteiger partial charge in [-0.2, -0.15) is 0 Å². The first-order valence-electron chi connectivity index (χ1n) is 16.5. The van der Waals surface area contributed by atoms with E-state index >= 15 is 0 Å². The van der Waals surface area contributed by atoms with Gasteiger partial charge in [-0.15, -0.1) is 0 Å². The van der Waals surface area contributed by atoms with Crippen LogP contribution in [0, 0.1) is 6.92 Å². The molecule has 0 bridgehead atoms. The molecule has 1 saturated heterocycles. The van der Waals surface area contributed by atoms with Crippen molar-refractivity contribution in [2.75, 3.05) is 35.0 Å². The average molecular weight is 756 g/mol. The first-order valence-corrected chi connectivity index (χ1v) is 16.5. The lowest BCUT2D eigenvalue weighted by Gasteiger charge is -2.53. The molecule has 18 nitrogen and oxygen atoms in total. The van der Waals surface area contributed by atoms with E-state index in [9.17, 15) is 54.3 Å². The molecule has 54 heavy (non-hydrogen) atoms. The van der Waals surface area contributed by atoms with Crippen LogP contribution in [0.15, 0.2) is 23.9 Å². The van der Waals surface area contributed by atoms with Crippen molar-refractivity contribution >= 4 is 35.1 Å². The van der Waals surface area contributed by atoms with Crippen molar-refractivity contribution in [2.24, 2.45) is 0 Å². The summed E-state index contributed by atoms with van der Waals surface area (Å²) in [7, 11) is 4.54. The summed E-state index contributed by atoms with van der Waals surface area (Å²) in [5, 5.41) is 58.9. The molecule has 1 fully saturated rings. The second-order valence-corrected chi connectivity index (χ2v) is 13.3. The molecule has 2 aromatic carbocycles. The number of hydrogen-bond donors (Lipinski definition) is 6. The summed E-state index contributed by atoms with van der Waals surface area (Å²) in [4.78, 5) is 81.8. The van der Waals surface area contributed by atoms with Crippen LogP contribution in [-0.2, 0) is 40.5 Å². The average Bonchev–Trinajstić information content (AvgIpc) is 3.11. The lowest BCUT2D eigenvalue weighted by atomic mass is 9.56. The summed E-state index contributed by atoms with van der Waals surface area (Å²) < 4.78 is 32.5. The normalized spacial score (nSPS) is 30.1. The lowest BCUT2D eigenvalue weighted by Crippen LogP contribution is -2.73. The molecular formula is C36H37NO17. The maximum atomic E-state index is 14.9. The van der Waals surface area contributed by atoms with Gasteiger partial charge in [0.25, 0.3) is 0 Å². The SMILES string of the molecule is COC(=O)c1c(C)cc2c(c1OCC(=O)O)[C@]1(O)C(=O)c3cc4c(c(O)c3C(=O)[C@]1(OC)[C@H](O)C2)C(=O)C=C(N[C@H]1O[C@@H](C)[C@H](OC)[C@@H](O)[C@H]1OC)C4=O. The van der Waals surface area contributed by atoms with Crippen LogP contribution in [0.2, 0.25) is 0 Å². The Kier molecular flexibility index (Phi) is 9.77. The van der Waals surface area contributed by atoms with Gasteiger partial charge in [0.2, 0.25) is 17.3 Å². The van der Waals surface area contributed by atoms with E-state index in [0.29, 0.717) is 0 Å². The predicted molar refractivity (Wildman–Crippen MR) is 178 cm³/mol. The standard InChI is InChI=1S/C36H37NO17/c1-12-7-14-8-19(39)36(52-6)32(46)23-16(31(45)35(36,48)24(14)29(53-11-20(40)41)21(12)34(47)51-5)9-15-22(26(23)43)18(38)10-17(25(15)42)37-33-30(50-4)27(44)28(49-3)13(2)54-33/h7,9-10,13,19,27-28,30,33,37,39,43-44,48H,8,11H2,1-6H3,(H,40,41)/t13-,19+,27+,28-,30+,33-,35-,36+/m0/s1. The van der Waals surface area contributed by atoms with Crippen LogP contribution in [0.4, 0.5) is 0 Å². The number of benzene rings is 2. The Labute approximate surface area is 306 Å². The molecule has 6 N–H and O–H groups in total. The molecule has 4 aliphatic rings. The Morgan fingerprint density at radius 2 is 1.65 bits per heavy atom. The van der Waals surface area contributed by atoms with Crippen LogP contribution in [0.3, 0.4) is 0 Å². The van der Waals surface area contributed by atoms with Crippen LogP contribution in [0.1, 0.15) is 75.4 Å². The molecule has 0 saturated carbocycles. The van der Waals surface area contributed by atoms with E-state index in [1.54, 1.807) is 6.92 Å². The van der Waals surface area contributed by atoms with Crippen molar-refractivity contribution < 1.29 is 82.7 Å². The van der Waals surface area contributed by atoms with Crippen LogP contribution >= 0.6 is 0 Å². The number of carboxylic acids is 1. The molecule has 1 heterocycles. The van der Waals surface area contributed by atoms with Gasteiger partial charge < -0.3 is 59.3 Å². The number of carbonyl (C=O) groups excluding carboxylic acids is 5. The maximum Gasteiger partial charge on any atom is 0.341 e. The van der Waals surface area contributed by atoms with Crippen molar-refractivity contribution in [2.45, 2.75) is 68.2 Å². The highest BCUT2D eigenvalue weighted by Gasteiger charge is 2.73. The Morgan fingerprint density at radius 1 is 0.981 bits per heavy atom. The first-order chi connectivity index (χ1) is 25.5. The van der Waals surface area contributed by atoms with Crippen LogP contribution in [0.25, 0.3) is 0 Å². The fraction of sp³-hybridized carbons (Fsp3) is 0.444. The van der Waals surface area contributed by atoms with Gasteiger partial charge in [-0.05, 0) is 31.0 Å². The van der Waals surface area contributed by atoms with E-state index in [0.717, 1.165) is 26.4 Å². The van der Waals surface area contributed by atoms with Crippen LogP contribution < -0.4 is 10.1 Å². The number of phenolic OH excluding ortho intramolecular Hbond substituents is 1. The molecule has 0 radical (unpaired) electrons.